The molecule has 5 heteroatoms. The highest BCUT2D eigenvalue weighted by molar-refractivity contribution is 6.29. The monoisotopic (exact) mass is 194 g/mol. The van der Waals surface area contributed by atoms with Gasteiger partial charge in [0, 0.05) is 12.6 Å². The van der Waals surface area contributed by atoms with Crippen molar-refractivity contribution in [3.8, 4) is 0 Å². The van der Waals surface area contributed by atoms with Gasteiger partial charge in [0.1, 0.15) is 10.8 Å². The highest BCUT2D eigenvalue weighted by Gasteiger charge is 2.13. The van der Waals surface area contributed by atoms with Crippen LogP contribution in [0, 0.1) is 0 Å². The van der Waals surface area contributed by atoms with Crippen molar-refractivity contribution in [2.24, 2.45) is 0 Å². The molecule has 0 bridgehead atoms. The number of halogens is 3. The van der Waals surface area contributed by atoms with E-state index in [1.807, 2.05) is 6.92 Å². The number of hydrogen-bond donors (Lipinski definition) is 0. The number of nitrogens with zero attached hydrogens (tertiary/aromatic N) is 2. The van der Waals surface area contributed by atoms with E-state index in [9.17, 15) is 8.78 Å². The minimum atomic E-state index is -2.54. The third-order valence-electron chi connectivity index (χ3n) is 1.41. The van der Waals surface area contributed by atoms with Gasteiger partial charge in [-0.25, -0.2) is 8.78 Å². The molecule has 0 amide bonds. The maximum Gasteiger partial charge on any atom is 0.282 e. The molecule has 1 aromatic heterocycles. The summed E-state index contributed by atoms with van der Waals surface area (Å²) in [4.78, 5) is 0. The molecule has 1 heterocycles. The molecule has 0 aliphatic carbocycles. The van der Waals surface area contributed by atoms with E-state index in [-0.39, 0.29) is 10.8 Å². The Hall–Kier alpha value is -0.640. The van der Waals surface area contributed by atoms with Gasteiger partial charge >= 0.3 is 0 Å². The lowest BCUT2D eigenvalue weighted by Crippen LogP contribution is -1.99. The van der Waals surface area contributed by atoms with Crippen molar-refractivity contribution in [3.63, 3.8) is 0 Å². The summed E-state index contributed by atoms with van der Waals surface area (Å²) in [5.41, 5.74) is -0.256. The van der Waals surface area contributed by atoms with Gasteiger partial charge in [-0.2, -0.15) is 5.10 Å². The summed E-state index contributed by atoms with van der Waals surface area (Å²) in [6, 6.07) is 1.20. The van der Waals surface area contributed by atoms with Gasteiger partial charge in [-0.05, 0) is 6.42 Å². The summed E-state index contributed by atoms with van der Waals surface area (Å²) < 4.78 is 25.5. The predicted molar refractivity (Wildman–Crippen MR) is 42.5 cm³/mol. The quantitative estimate of drug-likeness (QED) is 0.724. The Balaban J connectivity index is 2.85. The second kappa shape index (κ2) is 3.85. The zero-order chi connectivity index (χ0) is 9.14. The lowest BCUT2D eigenvalue weighted by molar-refractivity contribution is 0.145. The smallest absolute Gasteiger partial charge is 0.254 e. The van der Waals surface area contributed by atoms with Crippen LogP contribution >= 0.6 is 11.6 Å². The minimum Gasteiger partial charge on any atom is -0.254 e. The van der Waals surface area contributed by atoms with Gasteiger partial charge in [0.2, 0.25) is 0 Å². The summed E-state index contributed by atoms with van der Waals surface area (Å²) in [6.07, 6.45) is -1.72. The molecule has 1 aromatic rings. The Morgan fingerprint density at radius 2 is 2.33 bits per heavy atom. The third kappa shape index (κ3) is 1.94. The lowest BCUT2D eigenvalue weighted by atomic mass is 10.5. The van der Waals surface area contributed by atoms with Gasteiger partial charge in [0.05, 0.1) is 0 Å². The van der Waals surface area contributed by atoms with E-state index in [0.29, 0.717) is 6.54 Å². The van der Waals surface area contributed by atoms with Crippen molar-refractivity contribution < 1.29 is 8.78 Å². The summed E-state index contributed by atoms with van der Waals surface area (Å²) in [5, 5.41) is 3.90. The van der Waals surface area contributed by atoms with E-state index in [1.165, 1.54) is 10.7 Å². The summed E-state index contributed by atoms with van der Waals surface area (Å²) in [7, 11) is 0. The maximum atomic E-state index is 12.1. The van der Waals surface area contributed by atoms with Crippen LogP contribution in [-0.2, 0) is 6.54 Å². The fourth-order valence-electron chi connectivity index (χ4n) is 0.888. The van der Waals surface area contributed by atoms with E-state index in [1.54, 1.807) is 0 Å². The van der Waals surface area contributed by atoms with Crippen LogP contribution in [0.5, 0.6) is 0 Å². The number of hydrogen-bond acceptors (Lipinski definition) is 1. The molecule has 2 nitrogen and oxygen atoms in total. The lowest BCUT2D eigenvalue weighted by Gasteiger charge is -1.97. The van der Waals surface area contributed by atoms with E-state index in [2.05, 4.69) is 5.10 Å². The summed E-state index contributed by atoms with van der Waals surface area (Å²) in [5.74, 6) is 0. The first-order chi connectivity index (χ1) is 5.65. The van der Waals surface area contributed by atoms with Crippen molar-refractivity contribution >= 4 is 11.6 Å². The number of aryl methyl sites for hydroxylation is 1. The van der Waals surface area contributed by atoms with Crippen molar-refractivity contribution in [1.29, 1.82) is 0 Å². The Labute approximate surface area is 74.1 Å². The second-order valence-corrected chi connectivity index (χ2v) is 2.80. The number of alkyl halides is 2. The summed E-state index contributed by atoms with van der Waals surface area (Å²) in [6.45, 7) is 2.51. The Kier molecular flexibility index (Phi) is 3.03. The molecule has 0 aliphatic heterocycles. The van der Waals surface area contributed by atoms with Crippen LogP contribution in [0.15, 0.2) is 6.07 Å². The van der Waals surface area contributed by atoms with Gasteiger partial charge in [0.25, 0.3) is 6.43 Å². The van der Waals surface area contributed by atoms with Crippen LogP contribution in [0.2, 0.25) is 5.15 Å². The molecule has 68 valence electrons. The molecule has 0 unspecified atom stereocenters. The zero-order valence-corrected chi connectivity index (χ0v) is 7.35. The van der Waals surface area contributed by atoms with Crippen LogP contribution < -0.4 is 0 Å². The fourth-order valence-corrected chi connectivity index (χ4v) is 1.12. The van der Waals surface area contributed by atoms with E-state index < -0.39 is 6.43 Å². The maximum absolute atomic E-state index is 12.1. The topological polar surface area (TPSA) is 17.8 Å². The Morgan fingerprint density at radius 1 is 1.67 bits per heavy atom. The van der Waals surface area contributed by atoms with Crippen molar-refractivity contribution in [3.05, 3.63) is 16.9 Å². The predicted octanol–water partition coefficient (Wildman–Crippen LogP) is 2.88. The highest BCUT2D eigenvalue weighted by Crippen LogP contribution is 2.20. The molecule has 0 saturated carbocycles. The van der Waals surface area contributed by atoms with Crippen LogP contribution in [-0.4, -0.2) is 9.78 Å². The number of aromatic nitrogens is 2. The van der Waals surface area contributed by atoms with Gasteiger partial charge in [-0.3, -0.25) is 4.68 Å². The van der Waals surface area contributed by atoms with Crippen molar-refractivity contribution in [2.75, 3.05) is 0 Å². The van der Waals surface area contributed by atoms with Crippen molar-refractivity contribution in [1.82, 2.24) is 9.78 Å². The molecule has 0 radical (unpaired) electrons. The largest absolute Gasteiger partial charge is 0.282 e. The van der Waals surface area contributed by atoms with Gasteiger partial charge in [-0.15, -0.1) is 0 Å². The molecule has 0 N–H and O–H groups in total. The molecule has 0 aliphatic rings. The molecular formula is C7H9ClF2N2. The van der Waals surface area contributed by atoms with Gasteiger partial charge in [-0.1, -0.05) is 18.5 Å². The van der Waals surface area contributed by atoms with Crippen LogP contribution in [0.25, 0.3) is 0 Å². The molecule has 0 spiro atoms. The number of rotatable bonds is 3. The molecule has 0 aromatic carbocycles. The minimum absolute atomic E-state index is 0.256. The van der Waals surface area contributed by atoms with Crippen LogP contribution in [0.4, 0.5) is 8.78 Å². The van der Waals surface area contributed by atoms with Crippen molar-refractivity contribution in [2.45, 2.75) is 26.3 Å². The standard InChI is InChI=1S/C7H9ClF2N2/c1-2-3-12-6(8)4-5(11-12)7(9)10/h4,7H,2-3H2,1H3. The third-order valence-corrected chi connectivity index (χ3v) is 1.71. The average molecular weight is 195 g/mol. The molecule has 0 saturated heterocycles. The SMILES string of the molecule is CCCn1nc(C(F)F)cc1Cl. The summed E-state index contributed by atoms with van der Waals surface area (Å²) >= 11 is 5.63. The first-order valence-electron chi connectivity index (χ1n) is 3.66. The normalized spacial score (nSPS) is 11.1. The molecule has 1 rings (SSSR count). The van der Waals surface area contributed by atoms with Crippen LogP contribution in [0.1, 0.15) is 25.5 Å². The first-order valence-corrected chi connectivity index (χ1v) is 4.04. The fraction of sp³-hybridized carbons (Fsp3) is 0.571. The average Bonchev–Trinajstić information content (AvgIpc) is 2.34. The molecule has 0 atom stereocenters. The zero-order valence-electron chi connectivity index (χ0n) is 6.60. The Morgan fingerprint density at radius 3 is 2.75 bits per heavy atom. The van der Waals surface area contributed by atoms with Crippen LogP contribution in [0.3, 0.4) is 0 Å². The van der Waals surface area contributed by atoms with Gasteiger partial charge < -0.3 is 0 Å². The Bertz CT molecular complexity index is 260. The molecular weight excluding hydrogens is 186 g/mol. The van der Waals surface area contributed by atoms with Gasteiger partial charge in [0.15, 0.2) is 0 Å². The molecule has 12 heavy (non-hydrogen) atoms. The van der Waals surface area contributed by atoms with E-state index in [0.717, 1.165) is 6.42 Å². The highest BCUT2D eigenvalue weighted by atomic mass is 35.5. The molecule has 0 fully saturated rings. The second-order valence-electron chi connectivity index (χ2n) is 2.42. The first kappa shape index (κ1) is 9.45. The van der Waals surface area contributed by atoms with E-state index in [4.69, 9.17) is 11.6 Å². The van der Waals surface area contributed by atoms with E-state index >= 15 is 0 Å².